The van der Waals surface area contributed by atoms with Gasteiger partial charge in [-0.3, -0.25) is 9.78 Å². The van der Waals surface area contributed by atoms with Crippen LogP contribution in [-0.4, -0.2) is 20.9 Å². The fourth-order valence-electron chi connectivity index (χ4n) is 2.88. The molecule has 0 spiro atoms. The van der Waals surface area contributed by atoms with Gasteiger partial charge in [-0.2, -0.15) is 0 Å². The number of aryl methyl sites for hydroxylation is 1. The molecule has 1 aliphatic carbocycles. The summed E-state index contributed by atoms with van der Waals surface area (Å²) in [4.78, 5) is 25.8. The first-order valence-electron chi connectivity index (χ1n) is 8.16. The largest absolute Gasteiger partial charge is 0.342 e. The van der Waals surface area contributed by atoms with E-state index >= 15 is 0 Å². The standard InChI is InChI=1S/C19H18N4O/c1-12-8-10-21-18(22-12)17(13-4-5-13)23-19(24)15-6-7-16-14(11-15)3-2-9-20-16/h2-3,6-11,13,17H,4-5H2,1H3,(H,23,24)/t17-/m1/s1. The van der Waals surface area contributed by atoms with Crippen LogP contribution in [0.15, 0.2) is 48.8 Å². The highest BCUT2D eigenvalue weighted by Crippen LogP contribution is 2.40. The maximum absolute atomic E-state index is 12.7. The maximum atomic E-state index is 12.7. The van der Waals surface area contributed by atoms with Crippen LogP contribution in [0, 0.1) is 12.8 Å². The van der Waals surface area contributed by atoms with Crippen molar-refractivity contribution in [1.82, 2.24) is 20.3 Å². The summed E-state index contributed by atoms with van der Waals surface area (Å²) in [5.41, 5.74) is 2.43. The number of carbonyl (C=O) groups excluding carboxylic acids is 1. The summed E-state index contributed by atoms with van der Waals surface area (Å²) in [6, 6.07) is 11.1. The van der Waals surface area contributed by atoms with E-state index in [0.29, 0.717) is 17.3 Å². The van der Waals surface area contributed by atoms with E-state index in [-0.39, 0.29) is 11.9 Å². The molecule has 1 N–H and O–H groups in total. The van der Waals surface area contributed by atoms with E-state index in [1.807, 2.05) is 43.3 Å². The second-order valence-corrected chi connectivity index (χ2v) is 6.26. The second-order valence-electron chi connectivity index (χ2n) is 6.26. The molecule has 1 aliphatic rings. The summed E-state index contributed by atoms with van der Waals surface area (Å²) < 4.78 is 0. The van der Waals surface area contributed by atoms with Crippen LogP contribution in [-0.2, 0) is 0 Å². The number of pyridine rings is 1. The molecule has 1 atom stereocenters. The van der Waals surface area contributed by atoms with E-state index in [0.717, 1.165) is 29.4 Å². The third-order valence-corrected chi connectivity index (χ3v) is 4.34. The molecule has 5 heteroatoms. The first kappa shape index (κ1) is 14.8. The summed E-state index contributed by atoms with van der Waals surface area (Å²) in [7, 11) is 0. The van der Waals surface area contributed by atoms with Crippen molar-refractivity contribution < 1.29 is 4.79 Å². The van der Waals surface area contributed by atoms with Crippen LogP contribution in [0.25, 0.3) is 10.9 Å². The quantitative estimate of drug-likeness (QED) is 0.802. The smallest absolute Gasteiger partial charge is 0.251 e. The molecule has 5 nitrogen and oxygen atoms in total. The molecular weight excluding hydrogens is 300 g/mol. The van der Waals surface area contributed by atoms with E-state index in [9.17, 15) is 4.79 Å². The van der Waals surface area contributed by atoms with Crippen molar-refractivity contribution in [2.45, 2.75) is 25.8 Å². The lowest BCUT2D eigenvalue weighted by Crippen LogP contribution is -2.31. The number of benzene rings is 1. The Morgan fingerprint density at radius 1 is 1.17 bits per heavy atom. The zero-order valence-corrected chi connectivity index (χ0v) is 13.4. The first-order chi connectivity index (χ1) is 11.7. The molecule has 0 aliphatic heterocycles. The lowest BCUT2D eigenvalue weighted by atomic mass is 10.1. The Balaban J connectivity index is 1.60. The molecule has 0 bridgehead atoms. The monoisotopic (exact) mass is 318 g/mol. The van der Waals surface area contributed by atoms with Gasteiger partial charge in [-0.15, -0.1) is 0 Å². The average Bonchev–Trinajstić information content (AvgIpc) is 3.44. The molecule has 1 saturated carbocycles. The van der Waals surface area contributed by atoms with Crippen molar-refractivity contribution in [3.63, 3.8) is 0 Å². The number of hydrogen-bond donors (Lipinski definition) is 1. The fraction of sp³-hybridized carbons (Fsp3) is 0.263. The minimum Gasteiger partial charge on any atom is -0.342 e. The Kier molecular flexibility index (Phi) is 3.69. The van der Waals surface area contributed by atoms with Gasteiger partial charge >= 0.3 is 0 Å². The minimum atomic E-state index is -0.123. The molecule has 2 aromatic heterocycles. The normalized spacial score (nSPS) is 15.2. The van der Waals surface area contributed by atoms with E-state index < -0.39 is 0 Å². The fourth-order valence-corrected chi connectivity index (χ4v) is 2.88. The Bertz CT molecular complexity index is 905. The highest BCUT2D eigenvalue weighted by molar-refractivity contribution is 5.98. The molecule has 1 fully saturated rings. The van der Waals surface area contributed by atoms with Crippen LogP contribution >= 0.6 is 0 Å². The lowest BCUT2D eigenvalue weighted by molar-refractivity contribution is 0.0929. The van der Waals surface area contributed by atoms with Gasteiger partial charge in [0.1, 0.15) is 0 Å². The minimum absolute atomic E-state index is 0.0947. The van der Waals surface area contributed by atoms with E-state index in [1.165, 1.54) is 0 Å². The molecular formula is C19H18N4O. The van der Waals surface area contributed by atoms with Gasteiger partial charge in [0.05, 0.1) is 11.6 Å². The van der Waals surface area contributed by atoms with Crippen LogP contribution < -0.4 is 5.32 Å². The van der Waals surface area contributed by atoms with Crippen LogP contribution in [0.2, 0.25) is 0 Å². The summed E-state index contributed by atoms with van der Waals surface area (Å²) in [6.07, 6.45) is 5.70. The number of aromatic nitrogens is 3. The molecule has 1 amide bonds. The van der Waals surface area contributed by atoms with E-state index in [2.05, 4.69) is 20.3 Å². The van der Waals surface area contributed by atoms with Crippen molar-refractivity contribution in [2.75, 3.05) is 0 Å². The maximum Gasteiger partial charge on any atom is 0.251 e. The molecule has 3 aromatic rings. The van der Waals surface area contributed by atoms with Gasteiger partial charge < -0.3 is 5.32 Å². The third kappa shape index (κ3) is 2.97. The molecule has 0 unspecified atom stereocenters. The van der Waals surface area contributed by atoms with Crippen LogP contribution in [0.4, 0.5) is 0 Å². The van der Waals surface area contributed by atoms with Crippen molar-refractivity contribution >= 4 is 16.8 Å². The highest BCUT2D eigenvalue weighted by Gasteiger charge is 2.35. The lowest BCUT2D eigenvalue weighted by Gasteiger charge is -2.17. The third-order valence-electron chi connectivity index (χ3n) is 4.34. The SMILES string of the molecule is Cc1ccnc([C@H](NC(=O)c2ccc3ncccc3c2)C2CC2)n1. The molecule has 24 heavy (non-hydrogen) atoms. The molecule has 0 saturated heterocycles. The van der Waals surface area contributed by atoms with E-state index in [1.54, 1.807) is 12.4 Å². The summed E-state index contributed by atoms with van der Waals surface area (Å²) >= 11 is 0. The summed E-state index contributed by atoms with van der Waals surface area (Å²) in [5, 5.41) is 4.08. The Morgan fingerprint density at radius 2 is 2.04 bits per heavy atom. The number of rotatable bonds is 4. The number of nitrogens with zero attached hydrogens (tertiary/aromatic N) is 3. The van der Waals surface area contributed by atoms with Crippen molar-refractivity contribution in [3.8, 4) is 0 Å². The predicted octanol–water partition coefficient (Wildman–Crippen LogP) is 3.21. The number of fused-ring (bicyclic) bond motifs is 1. The van der Waals surface area contributed by atoms with Crippen LogP contribution in [0.3, 0.4) is 0 Å². The predicted molar refractivity (Wildman–Crippen MR) is 91.4 cm³/mol. The first-order valence-corrected chi connectivity index (χ1v) is 8.16. The second kappa shape index (κ2) is 6.00. The van der Waals surface area contributed by atoms with Gasteiger partial charge in [0.2, 0.25) is 0 Å². The van der Waals surface area contributed by atoms with E-state index in [4.69, 9.17) is 0 Å². The summed E-state index contributed by atoms with van der Waals surface area (Å²) in [5.74, 6) is 1.04. The number of hydrogen-bond acceptors (Lipinski definition) is 4. The van der Waals surface area contributed by atoms with Crippen molar-refractivity contribution in [3.05, 3.63) is 65.9 Å². The number of nitrogens with one attached hydrogen (secondary N) is 1. The average molecular weight is 318 g/mol. The highest BCUT2D eigenvalue weighted by atomic mass is 16.1. The van der Waals surface area contributed by atoms with Gasteiger partial charge in [0.25, 0.3) is 5.91 Å². The van der Waals surface area contributed by atoms with Crippen LogP contribution in [0.5, 0.6) is 0 Å². The topological polar surface area (TPSA) is 67.8 Å². The Labute approximate surface area is 140 Å². The van der Waals surface area contributed by atoms with Gasteiger partial charge in [0.15, 0.2) is 5.82 Å². The number of carbonyl (C=O) groups is 1. The Hall–Kier alpha value is -2.82. The number of amides is 1. The van der Waals surface area contributed by atoms with Crippen molar-refractivity contribution in [1.29, 1.82) is 0 Å². The van der Waals surface area contributed by atoms with Gasteiger partial charge in [-0.1, -0.05) is 6.07 Å². The molecule has 120 valence electrons. The zero-order valence-electron chi connectivity index (χ0n) is 13.4. The molecule has 1 aromatic carbocycles. The zero-order chi connectivity index (χ0) is 16.5. The molecule has 0 radical (unpaired) electrons. The summed E-state index contributed by atoms with van der Waals surface area (Å²) in [6.45, 7) is 1.94. The Morgan fingerprint density at radius 3 is 2.83 bits per heavy atom. The van der Waals surface area contributed by atoms with Gasteiger partial charge in [-0.25, -0.2) is 9.97 Å². The molecule has 4 rings (SSSR count). The van der Waals surface area contributed by atoms with Crippen LogP contribution in [0.1, 0.15) is 40.8 Å². The van der Waals surface area contributed by atoms with Crippen molar-refractivity contribution in [2.24, 2.45) is 5.92 Å². The molecule has 2 heterocycles. The van der Waals surface area contributed by atoms with Gasteiger partial charge in [-0.05, 0) is 56.0 Å². The van der Waals surface area contributed by atoms with Gasteiger partial charge in [0, 0.05) is 29.0 Å².